The van der Waals surface area contributed by atoms with Crippen molar-refractivity contribution in [2.24, 2.45) is 0 Å². The Morgan fingerprint density at radius 1 is 1.50 bits per heavy atom. The number of carbonyl (C=O) groups is 1. The summed E-state index contributed by atoms with van der Waals surface area (Å²) in [5, 5.41) is 0. The van der Waals surface area contributed by atoms with Crippen LogP contribution in [0.3, 0.4) is 0 Å². The lowest BCUT2D eigenvalue weighted by molar-refractivity contribution is -0.0764. The minimum atomic E-state index is -0.512. The molecule has 0 saturated carbocycles. The molecule has 1 aromatic carbocycles. The molecule has 0 unspecified atom stereocenters. The van der Waals surface area contributed by atoms with E-state index in [2.05, 4.69) is 12.6 Å². The summed E-state index contributed by atoms with van der Waals surface area (Å²) in [5.41, 5.74) is -0.316. The van der Waals surface area contributed by atoms with Crippen LogP contribution < -0.4 is 0 Å². The quantitative estimate of drug-likeness (QED) is 0.793. The molecule has 0 aliphatic carbocycles. The highest BCUT2D eigenvalue weighted by molar-refractivity contribution is 7.80. The lowest BCUT2D eigenvalue weighted by Crippen LogP contribution is -2.50. The summed E-state index contributed by atoms with van der Waals surface area (Å²) in [6, 6.07) is 4.25. The van der Waals surface area contributed by atoms with Crippen LogP contribution in [-0.4, -0.2) is 36.1 Å². The molecule has 18 heavy (non-hydrogen) atoms. The van der Waals surface area contributed by atoms with Gasteiger partial charge in [-0.1, -0.05) is 0 Å². The molecule has 0 radical (unpaired) electrons. The van der Waals surface area contributed by atoms with Gasteiger partial charge >= 0.3 is 0 Å². The van der Waals surface area contributed by atoms with Gasteiger partial charge in [0.05, 0.1) is 17.8 Å². The maximum absolute atomic E-state index is 13.7. The topological polar surface area (TPSA) is 29.5 Å². The summed E-state index contributed by atoms with van der Waals surface area (Å²) in [6.45, 7) is 5.25. The highest BCUT2D eigenvalue weighted by Crippen LogP contribution is 2.21. The fraction of sp³-hybridized carbons (Fsp3) is 0.462. The summed E-state index contributed by atoms with van der Waals surface area (Å²) < 4.78 is 19.2. The zero-order chi connectivity index (χ0) is 13.3. The predicted molar refractivity (Wildman–Crippen MR) is 69.6 cm³/mol. The van der Waals surface area contributed by atoms with Crippen molar-refractivity contribution in [2.75, 3.05) is 19.7 Å². The van der Waals surface area contributed by atoms with Gasteiger partial charge in [0.15, 0.2) is 0 Å². The second-order valence-electron chi connectivity index (χ2n) is 5.00. The third-order valence-corrected chi connectivity index (χ3v) is 3.17. The highest BCUT2D eigenvalue weighted by atomic mass is 32.1. The van der Waals surface area contributed by atoms with Crippen LogP contribution in [0.15, 0.2) is 23.1 Å². The Labute approximate surface area is 111 Å². The van der Waals surface area contributed by atoms with Crippen molar-refractivity contribution in [3.63, 3.8) is 0 Å². The number of carbonyl (C=O) groups excluding carboxylic acids is 1. The molecule has 1 fully saturated rings. The summed E-state index contributed by atoms with van der Waals surface area (Å²) in [5.74, 6) is -0.818. The van der Waals surface area contributed by atoms with Crippen LogP contribution in [0.5, 0.6) is 0 Å². The molecule has 2 rings (SSSR count). The van der Waals surface area contributed by atoms with E-state index in [1.54, 1.807) is 4.90 Å². The van der Waals surface area contributed by atoms with Crippen LogP contribution >= 0.6 is 12.6 Å². The number of hydrogen-bond donors (Lipinski definition) is 1. The maximum atomic E-state index is 13.7. The normalized spacial score (nSPS) is 18.8. The van der Waals surface area contributed by atoms with E-state index in [1.165, 1.54) is 18.2 Å². The number of ether oxygens (including phenoxy) is 1. The molecule has 1 amide bonds. The van der Waals surface area contributed by atoms with Gasteiger partial charge in [-0.2, -0.15) is 0 Å². The van der Waals surface area contributed by atoms with E-state index in [1.807, 2.05) is 13.8 Å². The maximum Gasteiger partial charge on any atom is 0.257 e. The minimum absolute atomic E-state index is 0.0696. The zero-order valence-electron chi connectivity index (χ0n) is 10.4. The molecule has 98 valence electrons. The van der Waals surface area contributed by atoms with Crippen LogP contribution in [-0.2, 0) is 4.74 Å². The molecular weight excluding hydrogens is 253 g/mol. The average Bonchev–Trinajstić information content (AvgIpc) is 2.30. The molecule has 3 nitrogen and oxygen atoms in total. The fourth-order valence-corrected chi connectivity index (χ4v) is 2.24. The van der Waals surface area contributed by atoms with Gasteiger partial charge in [-0.05, 0) is 32.0 Å². The summed E-state index contributed by atoms with van der Waals surface area (Å²) >= 11 is 4.13. The van der Waals surface area contributed by atoms with Gasteiger partial charge in [-0.3, -0.25) is 4.79 Å². The number of nitrogens with zero attached hydrogens (tertiary/aromatic N) is 1. The lowest BCUT2D eigenvalue weighted by Gasteiger charge is -2.38. The standard InChI is InChI=1S/C13H16FNO2S/c1-13(2)8-15(5-6-17-13)12(16)10-7-9(18)3-4-11(10)14/h3-4,7,18H,5-6,8H2,1-2H3. The van der Waals surface area contributed by atoms with Gasteiger partial charge in [0, 0.05) is 18.0 Å². The van der Waals surface area contributed by atoms with Crippen molar-refractivity contribution in [2.45, 2.75) is 24.3 Å². The number of halogens is 1. The van der Waals surface area contributed by atoms with Gasteiger partial charge in [0.1, 0.15) is 5.82 Å². The molecule has 0 spiro atoms. The number of rotatable bonds is 1. The van der Waals surface area contributed by atoms with Crippen LogP contribution in [0, 0.1) is 5.82 Å². The molecule has 1 heterocycles. The van der Waals surface area contributed by atoms with Gasteiger partial charge in [-0.25, -0.2) is 4.39 Å². The first-order valence-electron chi connectivity index (χ1n) is 5.81. The molecule has 0 atom stereocenters. The van der Waals surface area contributed by atoms with E-state index >= 15 is 0 Å². The Kier molecular flexibility index (Phi) is 3.64. The molecule has 1 aromatic rings. The van der Waals surface area contributed by atoms with E-state index in [0.717, 1.165) is 0 Å². The van der Waals surface area contributed by atoms with E-state index in [4.69, 9.17) is 4.74 Å². The molecule has 0 aromatic heterocycles. The Bertz CT molecular complexity index is 476. The van der Waals surface area contributed by atoms with Crippen molar-refractivity contribution in [3.05, 3.63) is 29.6 Å². The smallest absolute Gasteiger partial charge is 0.257 e. The van der Waals surface area contributed by atoms with Crippen molar-refractivity contribution in [3.8, 4) is 0 Å². The second-order valence-corrected chi connectivity index (χ2v) is 5.52. The summed E-state index contributed by atoms with van der Waals surface area (Å²) in [4.78, 5) is 14.5. The molecule has 0 bridgehead atoms. The third kappa shape index (κ3) is 2.84. The van der Waals surface area contributed by atoms with Crippen molar-refractivity contribution >= 4 is 18.5 Å². The number of thiol groups is 1. The SMILES string of the molecule is CC1(C)CN(C(=O)c2cc(S)ccc2F)CCO1. The average molecular weight is 269 g/mol. The largest absolute Gasteiger partial charge is 0.372 e. The number of benzene rings is 1. The number of morpholine rings is 1. The van der Waals surface area contributed by atoms with E-state index in [9.17, 15) is 9.18 Å². The van der Waals surface area contributed by atoms with Gasteiger partial charge in [0.25, 0.3) is 5.91 Å². The van der Waals surface area contributed by atoms with E-state index in [0.29, 0.717) is 24.6 Å². The van der Waals surface area contributed by atoms with Gasteiger partial charge < -0.3 is 9.64 Å². The van der Waals surface area contributed by atoms with Crippen molar-refractivity contribution < 1.29 is 13.9 Å². The third-order valence-electron chi connectivity index (χ3n) is 2.89. The molecular formula is C13H16FNO2S. The molecule has 1 aliphatic rings. The number of hydrogen-bond acceptors (Lipinski definition) is 3. The van der Waals surface area contributed by atoms with Crippen LogP contribution in [0.4, 0.5) is 4.39 Å². The van der Waals surface area contributed by atoms with Crippen LogP contribution in [0.2, 0.25) is 0 Å². The van der Waals surface area contributed by atoms with Gasteiger partial charge in [-0.15, -0.1) is 12.6 Å². The summed E-state index contributed by atoms with van der Waals surface area (Å²) in [6.07, 6.45) is 0. The molecule has 0 N–H and O–H groups in total. The van der Waals surface area contributed by atoms with E-state index < -0.39 is 5.82 Å². The van der Waals surface area contributed by atoms with Crippen LogP contribution in [0.1, 0.15) is 24.2 Å². The highest BCUT2D eigenvalue weighted by Gasteiger charge is 2.31. The van der Waals surface area contributed by atoms with E-state index in [-0.39, 0.29) is 17.1 Å². The van der Waals surface area contributed by atoms with Gasteiger partial charge in [0.2, 0.25) is 0 Å². The first-order chi connectivity index (χ1) is 8.39. The van der Waals surface area contributed by atoms with Crippen molar-refractivity contribution in [1.82, 2.24) is 4.90 Å². The van der Waals surface area contributed by atoms with Crippen molar-refractivity contribution in [1.29, 1.82) is 0 Å². The molecule has 1 aliphatic heterocycles. The van der Waals surface area contributed by atoms with Crippen LogP contribution in [0.25, 0.3) is 0 Å². The number of amides is 1. The lowest BCUT2D eigenvalue weighted by atomic mass is 10.1. The predicted octanol–water partition coefficient (Wildman–Crippen LogP) is 2.37. The molecule has 5 heteroatoms. The fourth-order valence-electron chi connectivity index (χ4n) is 2.04. The first kappa shape index (κ1) is 13.4. The second kappa shape index (κ2) is 4.90. The Morgan fingerprint density at radius 2 is 2.22 bits per heavy atom. The minimum Gasteiger partial charge on any atom is -0.372 e. The monoisotopic (exact) mass is 269 g/mol. The first-order valence-corrected chi connectivity index (χ1v) is 6.25. The Hall–Kier alpha value is -1.07. The zero-order valence-corrected chi connectivity index (χ0v) is 11.3. The Morgan fingerprint density at radius 3 is 2.89 bits per heavy atom. The Balaban J connectivity index is 2.23. The summed E-state index contributed by atoms with van der Waals surface area (Å²) in [7, 11) is 0. The molecule has 1 saturated heterocycles.